The van der Waals surface area contributed by atoms with Gasteiger partial charge in [-0.1, -0.05) is 6.07 Å². The van der Waals surface area contributed by atoms with Gasteiger partial charge in [0.1, 0.15) is 0 Å². The van der Waals surface area contributed by atoms with E-state index in [2.05, 4.69) is 24.4 Å². The van der Waals surface area contributed by atoms with Gasteiger partial charge in [-0.25, -0.2) is 0 Å². The van der Waals surface area contributed by atoms with Crippen LogP contribution >= 0.6 is 46.6 Å². The predicted octanol–water partition coefficient (Wildman–Crippen LogP) is 3.84. The summed E-state index contributed by atoms with van der Waals surface area (Å²) in [6, 6.07) is 4.36. The van der Waals surface area contributed by atoms with Crippen molar-refractivity contribution >= 4 is 46.6 Å². The monoisotopic (exact) mass is 292 g/mol. The maximum atomic E-state index is 9.29. The van der Waals surface area contributed by atoms with E-state index < -0.39 is 0 Å². The highest BCUT2D eigenvalue weighted by atomic mass is 32.2. The molecule has 1 saturated heterocycles. The van der Waals surface area contributed by atoms with Gasteiger partial charge in [-0.15, -0.1) is 46.6 Å². The van der Waals surface area contributed by atoms with Crippen LogP contribution in [0.2, 0.25) is 0 Å². The summed E-state index contributed by atoms with van der Waals surface area (Å²) in [7, 11) is 0. The van der Waals surface area contributed by atoms with Gasteiger partial charge >= 0.3 is 0 Å². The maximum Gasteiger partial charge on any atom is 0.0935 e. The lowest BCUT2D eigenvalue weighted by molar-refractivity contribution is 0.220. The summed E-state index contributed by atoms with van der Waals surface area (Å²) in [6.45, 7) is 4.18. The summed E-state index contributed by atoms with van der Waals surface area (Å²) in [4.78, 5) is 1.46. The highest BCUT2D eigenvalue weighted by Crippen LogP contribution is 2.58. The van der Waals surface area contributed by atoms with E-state index in [-0.39, 0.29) is 10.2 Å². The Balaban J connectivity index is 1.92. The third kappa shape index (κ3) is 3.13. The minimum Gasteiger partial charge on any atom is -0.393 e. The van der Waals surface area contributed by atoms with Gasteiger partial charge in [0.15, 0.2) is 0 Å². The quantitative estimate of drug-likeness (QED) is 0.909. The number of aliphatic hydroxyl groups excluding tert-OH is 1. The summed E-state index contributed by atoms with van der Waals surface area (Å²) >= 11 is 7.80. The number of hydrogen-bond acceptors (Lipinski definition) is 5. The smallest absolute Gasteiger partial charge is 0.0935 e. The SMILES string of the molecule is CC(O)CSC1CSC(C)(c2cccs2)S1. The first-order valence-electron chi connectivity index (χ1n) is 5.25. The number of hydrogen-bond donors (Lipinski definition) is 1. The van der Waals surface area contributed by atoms with Crippen molar-refractivity contribution in [1.29, 1.82) is 0 Å². The van der Waals surface area contributed by atoms with Crippen molar-refractivity contribution in [3.05, 3.63) is 22.4 Å². The van der Waals surface area contributed by atoms with Crippen LogP contribution in [-0.2, 0) is 4.08 Å². The van der Waals surface area contributed by atoms with E-state index in [4.69, 9.17) is 0 Å². The third-order valence-corrected chi connectivity index (χ3v) is 9.04. The van der Waals surface area contributed by atoms with Crippen molar-refractivity contribution in [3.63, 3.8) is 0 Å². The second kappa shape index (κ2) is 5.57. The first kappa shape index (κ1) is 13.1. The zero-order chi connectivity index (χ0) is 11.6. The fraction of sp³-hybridized carbons (Fsp3) is 0.636. The van der Waals surface area contributed by atoms with E-state index in [9.17, 15) is 5.11 Å². The minimum atomic E-state index is -0.191. The molecule has 90 valence electrons. The maximum absolute atomic E-state index is 9.29. The van der Waals surface area contributed by atoms with Crippen LogP contribution in [0.3, 0.4) is 0 Å². The van der Waals surface area contributed by atoms with Gasteiger partial charge in [0, 0.05) is 16.4 Å². The molecule has 3 atom stereocenters. The molecule has 1 nitrogen and oxygen atoms in total. The second-order valence-electron chi connectivity index (χ2n) is 3.96. The molecule has 1 aromatic rings. The lowest BCUT2D eigenvalue weighted by atomic mass is 10.4. The number of rotatable bonds is 4. The van der Waals surface area contributed by atoms with Gasteiger partial charge < -0.3 is 5.11 Å². The van der Waals surface area contributed by atoms with E-state index in [1.165, 1.54) is 10.6 Å². The third-order valence-electron chi connectivity index (χ3n) is 2.34. The van der Waals surface area contributed by atoms with E-state index >= 15 is 0 Å². The Labute approximate surface area is 114 Å². The van der Waals surface area contributed by atoms with Gasteiger partial charge in [0.25, 0.3) is 0 Å². The number of thiophene rings is 1. The van der Waals surface area contributed by atoms with Gasteiger partial charge in [-0.3, -0.25) is 0 Å². The van der Waals surface area contributed by atoms with Gasteiger partial charge in [0.2, 0.25) is 0 Å². The molecule has 2 heterocycles. The van der Waals surface area contributed by atoms with Crippen LogP contribution in [0.25, 0.3) is 0 Å². The summed E-state index contributed by atoms with van der Waals surface area (Å²) in [5.74, 6) is 2.02. The lowest BCUT2D eigenvalue weighted by Crippen LogP contribution is -2.09. The molecule has 1 N–H and O–H groups in total. The molecule has 5 heteroatoms. The fourth-order valence-electron chi connectivity index (χ4n) is 1.54. The first-order valence-corrected chi connectivity index (χ1v) is 9.05. The van der Waals surface area contributed by atoms with Gasteiger partial charge in [-0.2, -0.15) is 0 Å². The average molecular weight is 293 g/mol. The highest BCUT2D eigenvalue weighted by molar-refractivity contribution is 8.28. The lowest BCUT2D eigenvalue weighted by Gasteiger charge is -2.20. The number of thioether (sulfide) groups is 3. The second-order valence-corrected chi connectivity index (χ2v) is 9.76. The number of aliphatic hydroxyl groups is 1. The molecule has 1 aromatic heterocycles. The molecule has 0 aliphatic carbocycles. The van der Waals surface area contributed by atoms with E-state index in [0.29, 0.717) is 4.58 Å². The standard InChI is InChI=1S/C11H16OS4/c1-8(12)6-14-10-7-15-11(2,16-10)9-4-3-5-13-9/h3-5,8,10,12H,6-7H2,1-2H3. The van der Waals surface area contributed by atoms with Crippen LogP contribution in [0.5, 0.6) is 0 Å². The molecule has 0 amide bonds. The minimum absolute atomic E-state index is 0.191. The summed E-state index contributed by atoms with van der Waals surface area (Å²) in [5, 5.41) is 11.4. The molecule has 0 saturated carbocycles. The Morgan fingerprint density at radius 1 is 1.69 bits per heavy atom. The molecule has 0 spiro atoms. The average Bonchev–Trinajstić information content (AvgIpc) is 2.84. The molecular formula is C11H16OS4. The zero-order valence-electron chi connectivity index (χ0n) is 9.38. The first-order chi connectivity index (χ1) is 7.60. The molecule has 0 bridgehead atoms. The van der Waals surface area contributed by atoms with Gasteiger partial charge in [-0.05, 0) is 25.3 Å². The fourth-order valence-corrected chi connectivity index (χ4v) is 7.83. The summed E-state index contributed by atoms with van der Waals surface area (Å²) in [6.07, 6.45) is -0.191. The van der Waals surface area contributed by atoms with Crippen molar-refractivity contribution in [1.82, 2.24) is 0 Å². The Bertz CT molecular complexity index is 325. The summed E-state index contributed by atoms with van der Waals surface area (Å²) < 4.78 is 0.844. The van der Waals surface area contributed by atoms with Crippen LogP contribution in [0, 0.1) is 0 Å². The van der Waals surface area contributed by atoms with Crippen molar-refractivity contribution in [3.8, 4) is 0 Å². The molecular weight excluding hydrogens is 276 g/mol. The van der Waals surface area contributed by atoms with Crippen LogP contribution < -0.4 is 0 Å². The largest absolute Gasteiger partial charge is 0.393 e. The van der Waals surface area contributed by atoms with Crippen LogP contribution in [0.1, 0.15) is 18.7 Å². The van der Waals surface area contributed by atoms with Crippen LogP contribution in [0.15, 0.2) is 17.5 Å². The van der Waals surface area contributed by atoms with Crippen molar-refractivity contribution in [2.24, 2.45) is 0 Å². The van der Waals surface area contributed by atoms with Crippen molar-refractivity contribution in [2.45, 2.75) is 28.6 Å². The predicted molar refractivity (Wildman–Crippen MR) is 79.6 cm³/mol. The highest BCUT2D eigenvalue weighted by Gasteiger charge is 2.39. The molecule has 2 rings (SSSR count). The molecule has 1 fully saturated rings. The summed E-state index contributed by atoms with van der Waals surface area (Å²) in [5.41, 5.74) is 0. The van der Waals surface area contributed by atoms with Gasteiger partial charge in [0.05, 0.1) is 14.8 Å². The molecule has 3 unspecified atom stereocenters. The molecule has 1 aliphatic heterocycles. The molecule has 1 aliphatic rings. The Morgan fingerprint density at radius 2 is 2.50 bits per heavy atom. The molecule has 16 heavy (non-hydrogen) atoms. The topological polar surface area (TPSA) is 20.2 Å². The van der Waals surface area contributed by atoms with E-state index in [1.54, 1.807) is 0 Å². The normalized spacial score (nSPS) is 31.8. The van der Waals surface area contributed by atoms with E-state index in [1.807, 2.05) is 53.5 Å². The van der Waals surface area contributed by atoms with Crippen molar-refractivity contribution < 1.29 is 5.11 Å². The Morgan fingerprint density at radius 3 is 3.12 bits per heavy atom. The van der Waals surface area contributed by atoms with Crippen LogP contribution in [0.4, 0.5) is 0 Å². The van der Waals surface area contributed by atoms with Crippen molar-refractivity contribution in [2.75, 3.05) is 11.5 Å². The van der Waals surface area contributed by atoms with E-state index in [0.717, 1.165) is 5.75 Å². The van der Waals surface area contributed by atoms with Crippen LogP contribution in [-0.4, -0.2) is 27.3 Å². The molecule has 0 radical (unpaired) electrons. The zero-order valence-corrected chi connectivity index (χ0v) is 12.6. The Hall–Kier alpha value is 0.710. The molecule has 0 aromatic carbocycles. The Kier molecular flexibility index (Phi) is 4.58.